The third-order valence-corrected chi connectivity index (χ3v) is 4.85. The molecule has 0 amide bonds. The number of thiophene rings is 1. The molecule has 0 aliphatic heterocycles. The van der Waals surface area contributed by atoms with Crippen LogP contribution in [0.15, 0.2) is 34.8 Å². The topological polar surface area (TPSA) is 12.0 Å². The Morgan fingerprint density at radius 2 is 2.24 bits per heavy atom. The Balaban J connectivity index is 1.83. The van der Waals surface area contributed by atoms with E-state index in [-0.39, 0.29) is 0 Å². The van der Waals surface area contributed by atoms with Gasteiger partial charge in [-0.25, -0.2) is 0 Å². The van der Waals surface area contributed by atoms with Gasteiger partial charge in [-0.15, -0.1) is 11.3 Å². The molecule has 1 atom stereocenters. The monoisotopic (exact) mass is 327 g/mol. The Labute approximate surface area is 118 Å². The minimum atomic E-state index is 0.406. The van der Waals surface area contributed by atoms with Crippen LogP contribution in [0.25, 0.3) is 0 Å². The number of hydrogen-bond donors (Lipinski definition) is 1. The van der Waals surface area contributed by atoms with E-state index in [1.165, 1.54) is 10.4 Å². The molecule has 1 aliphatic rings. The van der Waals surface area contributed by atoms with Gasteiger partial charge in [-0.1, -0.05) is 33.6 Å². The summed E-state index contributed by atoms with van der Waals surface area (Å²) in [6, 6.07) is 10.8. The van der Waals surface area contributed by atoms with Crippen molar-refractivity contribution in [3.63, 3.8) is 0 Å². The molecule has 1 aromatic carbocycles. The van der Waals surface area contributed by atoms with Gasteiger partial charge in [0.2, 0.25) is 0 Å². The average molecular weight is 329 g/mol. The van der Waals surface area contributed by atoms with Crippen LogP contribution in [0.3, 0.4) is 0 Å². The fourth-order valence-corrected chi connectivity index (χ4v) is 4.02. The van der Waals surface area contributed by atoms with Crippen molar-refractivity contribution in [2.45, 2.75) is 18.9 Å². The van der Waals surface area contributed by atoms with Gasteiger partial charge in [-0.2, -0.15) is 0 Å². The number of fused-ring (bicyclic) bond motifs is 1. The Morgan fingerprint density at radius 3 is 3.06 bits per heavy atom. The molecule has 0 radical (unpaired) electrons. The second-order valence-corrected chi connectivity index (χ2v) is 6.86. The summed E-state index contributed by atoms with van der Waals surface area (Å²) in [5.41, 5.74) is 2.53. The maximum Gasteiger partial charge on any atom is 0.0934 e. The summed E-state index contributed by atoms with van der Waals surface area (Å²) in [7, 11) is 0. The Hall–Kier alpha value is -0.510. The van der Waals surface area contributed by atoms with E-state index in [0.717, 1.165) is 27.3 Å². The Bertz CT molecular complexity index is 552. The summed E-state index contributed by atoms with van der Waals surface area (Å²) < 4.78 is 2.00. The number of rotatable bonds is 2. The second kappa shape index (κ2) is 4.63. The highest BCUT2D eigenvalue weighted by Crippen LogP contribution is 2.40. The molecule has 2 aromatic rings. The molecule has 1 N–H and O–H groups in total. The maximum absolute atomic E-state index is 6.06. The molecule has 0 saturated heterocycles. The third kappa shape index (κ3) is 2.37. The van der Waals surface area contributed by atoms with Crippen molar-refractivity contribution >= 4 is 44.6 Å². The highest BCUT2D eigenvalue weighted by atomic mass is 79.9. The van der Waals surface area contributed by atoms with E-state index in [1.807, 2.05) is 12.1 Å². The number of nitrogens with one attached hydrogen (secondary N) is 1. The number of aryl methyl sites for hydroxylation is 1. The van der Waals surface area contributed by atoms with Gasteiger partial charge in [0, 0.05) is 15.0 Å². The SMILES string of the molecule is Clc1cc2c(s1)CCC2Nc1cccc(Br)c1. The highest BCUT2D eigenvalue weighted by Gasteiger charge is 2.24. The lowest BCUT2D eigenvalue weighted by Gasteiger charge is -2.14. The molecule has 88 valence electrons. The quantitative estimate of drug-likeness (QED) is 0.792. The van der Waals surface area contributed by atoms with Crippen molar-refractivity contribution < 1.29 is 0 Å². The van der Waals surface area contributed by atoms with Crippen LogP contribution >= 0.6 is 38.9 Å². The summed E-state index contributed by atoms with van der Waals surface area (Å²) in [5, 5.41) is 3.57. The largest absolute Gasteiger partial charge is 0.378 e. The molecular weight excluding hydrogens is 318 g/mol. The Kier molecular flexibility index (Phi) is 3.16. The van der Waals surface area contributed by atoms with Gasteiger partial charge in [0.25, 0.3) is 0 Å². The van der Waals surface area contributed by atoms with E-state index >= 15 is 0 Å². The molecule has 17 heavy (non-hydrogen) atoms. The molecule has 0 fully saturated rings. The lowest BCUT2D eigenvalue weighted by atomic mass is 10.1. The van der Waals surface area contributed by atoms with Crippen molar-refractivity contribution in [2.24, 2.45) is 0 Å². The van der Waals surface area contributed by atoms with E-state index in [9.17, 15) is 0 Å². The van der Waals surface area contributed by atoms with Crippen molar-refractivity contribution in [2.75, 3.05) is 5.32 Å². The van der Waals surface area contributed by atoms with Crippen LogP contribution < -0.4 is 5.32 Å². The molecule has 0 bridgehead atoms. The molecule has 1 unspecified atom stereocenters. The summed E-state index contributed by atoms with van der Waals surface area (Å²) in [4.78, 5) is 1.43. The van der Waals surface area contributed by atoms with Crippen LogP contribution in [0, 0.1) is 0 Å². The van der Waals surface area contributed by atoms with Crippen molar-refractivity contribution in [3.8, 4) is 0 Å². The highest BCUT2D eigenvalue weighted by molar-refractivity contribution is 9.10. The zero-order valence-corrected chi connectivity index (χ0v) is 12.2. The zero-order chi connectivity index (χ0) is 11.8. The summed E-state index contributed by atoms with van der Waals surface area (Å²) in [6.07, 6.45) is 2.29. The van der Waals surface area contributed by atoms with Crippen molar-refractivity contribution in [1.82, 2.24) is 0 Å². The third-order valence-electron chi connectivity index (χ3n) is 3.01. The molecule has 1 nitrogen and oxygen atoms in total. The predicted octanol–water partition coefficient (Wildman–Crippen LogP) is 5.26. The number of hydrogen-bond acceptors (Lipinski definition) is 2. The maximum atomic E-state index is 6.06. The van der Waals surface area contributed by atoms with Gasteiger partial charge >= 0.3 is 0 Å². The van der Waals surface area contributed by atoms with Gasteiger partial charge in [0.1, 0.15) is 0 Å². The van der Waals surface area contributed by atoms with E-state index < -0.39 is 0 Å². The molecule has 3 rings (SSSR count). The number of benzene rings is 1. The van der Waals surface area contributed by atoms with Gasteiger partial charge in [0.15, 0.2) is 0 Å². The molecular formula is C13H11BrClNS. The molecule has 4 heteroatoms. The second-order valence-electron chi connectivity index (χ2n) is 4.17. The summed E-state index contributed by atoms with van der Waals surface area (Å²) >= 11 is 11.3. The first-order valence-electron chi connectivity index (χ1n) is 5.52. The Morgan fingerprint density at radius 1 is 1.35 bits per heavy atom. The first kappa shape index (κ1) is 11.6. The molecule has 1 aromatic heterocycles. The van der Waals surface area contributed by atoms with E-state index in [4.69, 9.17) is 11.6 Å². The van der Waals surface area contributed by atoms with Gasteiger partial charge in [-0.05, 0) is 42.7 Å². The fraction of sp³-hybridized carbons (Fsp3) is 0.231. The standard InChI is InChI=1S/C13H11BrClNS/c14-8-2-1-3-9(6-8)16-11-4-5-12-10(11)7-13(15)17-12/h1-3,6-7,11,16H,4-5H2. The molecule has 0 saturated carbocycles. The molecule has 1 heterocycles. The minimum Gasteiger partial charge on any atom is -0.378 e. The summed E-state index contributed by atoms with van der Waals surface area (Å²) in [6.45, 7) is 0. The van der Waals surface area contributed by atoms with Crippen LogP contribution in [0.1, 0.15) is 22.9 Å². The molecule has 1 aliphatic carbocycles. The summed E-state index contributed by atoms with van der Waals surface area (Å²) in [5.74, 6) is 0. The fourth-order valence-electron chi connectivity index (χ4n) is 2.26. The van der Waals surface area contributed by atoms with E-state index in [1.54, 1.807) is 11.3 Å². The first-order valence-corrected chi connectivity index (χ1v) is 7.51. The van der Waals surface area contributed by atoms with Crippen LogP contribution in [0.2, 0.25) is 4.34 Å². The van der Waals surface area contributed by atoms with Crippen LogP contribution in [0.5, 0.6) is 0 Å². The lowest BCUT2D eigenvalue weighted by Crippen LogP contribution is -2.06. The van der Waals surface area contributed by atoms with E-state index in [0.29, 0.717) is 6.04 Å². The van der Waals surface area contributed by atoms with Gasteiger partial charge in [0.05, 0.1) is 10.4 Å². The first-order chi connectivity index (χ1) is 8.22. The number of halogens is 2. The van der Waals surface area contributed by atoms with Crippen LogP contribution in [-0.2, 0) is 6.42 Å². The number of anilines is 1. The van der Waals surface area contributed by atoms with Gasteiger partial charge < -0.3 is 5.32 Å². The van der Waals surface area contributed by atoms with Gasteiger partial charge in [-0.3, -0.25) is 0 Å². The minimum absolute atomic E-state index is 0.406. The lowest BCUT2D eigenvalue weighted by molar-refractivity contribution is 0.762. The smallest absolute Gasteiger partial charge is 0.0934 e. The van der Waals surface area contributed by atoms with E-state index in [2.05, 4.69) is 39.4 Å². The zero-order valence-electron chi connectivity index (χ0n) is 9.04. The van der Waals surface area contributed by atoms with Crippen LogP contribution in [-0.4, -0.2) is 0 Å². The normalized spacial score (nSPS) is 18.1. The average Bonchev–Trinajstić information content (AvgIpc) is 2.80. The predicted molar refractivity (Wildman–Crippen MR) is 78.2 cm³/mol. The molecule has 0 spiro atoms. The van der Waals surface area contributed by atoms with Crippen molar-refractivity contribution in [1.29, 1.82) is 0 Å². The van der Waals surface area contributed by atoms with Crippen LogP contribution in [0.4, 0.5) is 5.69 Å². The van der Waals surface area contributed by atoms with Crippen molar-refractivity contribution in [3.05, 3.63) is 49.6 Å².